The zero-order chi connectivity index (χ0) is 12.3. The molecular formula is C14H19NO2. The number of nitrogens with zero attached hydrogens (tertiary/aromatic N) is 1. The molecule has 0 bridgehead atoms. The third-order valence-electron chi connectivity index (χ3n) is 3.71. The number of hydrogen-bond acceptors (Lipinski definition) is 3. The molecule has 0 saturated heterocycles. The molecule has 1 saturated carbocycles. The van der Waals surface area contributed by atoms with E-state index in [9.17, 15) is 4.79 Å². The third kappa shape index (κ3) is 2.48. The maximum Gasteiger partial charge on any atom is 0.188 e. The molecule has 0 spiro atoms. The maximum absolute atomic E-state index is 12.3. The monoisotopic (exact) mass is 233 g/mol. The Balaban J connectivity index is 2.15. The summed E-state index contributed by atoms with van der Waals surface area (Å²) in [5, 5.41) is 0. The van der Waals surface area contributed by atoms with Crippen LogP contribution in [0, 0.1) is 11.8 Å². The fraction of sp³-hybridized carbons (Fsp3) is 0.571. The summed E-state index contributed by atoms with van der Waals surface area (Å²) in [4.78, 5) is 16.5. The minimum absolute atomic E-state index is 0.142. The van der Waals surface area contributed by atoms with Crippen molar-refractivity contribution in [1.29, 1.82) is 0 Å². The lowest BCUT2D eigenvalue weighted by Crippen LogP contribution is -2.14. The highest BCUT2D eigenvalue weighted by Gasteiger charge is 2.31. The SMILES string of the molecule is CCC1CCC(C(=O)c2ncccc2OC)C1. The summed E-state index contributed by atoms with van der Waals surface area (Å²) in [6, 6.07) is 3.59. The van der Waals surface area contributed by atoms with Crippen molar-refractivity contribution in [2.45, 2.75) is 32.6 Å². The number of carbonyl (C=O) groups is 1. The predicted molar refractivity (Wildman–Crippen MR) is 66.2 cm³/mol. The molecule has 3 nitrogen and oxygen atoms in total. The van der Waals surface area contributed by atoms with Crippen LogP contribution in [-0.2, 0) is 0 Å². The van der Waals surface area contributed by atoms with E-state index in [2.05, 4.69) is 11.9 Å². The molecule has 1 aromatic rings. The van der Waals surface area contributed by atoms with Gasteiger partial charge in [0.2, 0.25) is 0 Å². The number of hydrogen-bond donors (Lipinski definition) is 0. The molecule has 0 aromatic carbocycles. The van der Waals surface area contributed by atoms with Gasteiger partial charge in [-0.3, -0.25) is 4.79 Å². The summed E-state index contributed by atoms with van der Waals surface area (Å²) in [6.45, 7) is 2.19. The Morgan fingerprint density at radius 2 is 2.35 bits per heavy atom. The second-order valence-electron chi connectivity index (χ2n) is 4.70. The molecule has 1 fully saturated rings. The van der Waals surface area contributed by atoms with Gasteiger partial charge >= 0.3 is 0 Å². The van der Waals surface area contributed by atoms with Crippen LogP contribution in [0.3, 0.4) is 0 Å². The lowest BCUT2D eigenvalue weighted by Gasteiger charge is -2.11. The first kappa shape index (κ1) is 12.1. The van der Waals surface area contributed by atoms with E-state index in [0.29, 0.717) is 17.4 Å². The molecule has 17 heavy (non-hydrogen) atoms. The van der Waals surface area contributed by atoms with E-state index in [1.54, 1.807) is 25.4 Å². The molecule has 2 rings (SSSR count). The molecule has 92 valence electrons. The van der Waals surface area contributed by atoms with Crippen molar-refractivity contribution in [3.63, 3.8) is 0 Å². The van der Waals surface area contributed by atoms with E-state index in [0.717, 1.165) is 12.8 Å². The Morgan fingerprint density at radius 1 is 1.53 bits per heavy atom. The standard InChI is InChI=1S/C14H19NO2/c1-3-10-6-7-11(9-10)14(16)13-12(17-2)5-4-8-15-13/h4-5,8,10-11H,3,6-7,9H2,1-2H3. The van der Waals surface area contributed by atoms with Crippen molar-refractivity contribution in [1.82, 2.24) is 4.98 Å². The van der Waals surface area contributed by atoms with Gasteiger partial charge in [-0.15, -0.1) is 0 Å². The van der Waals surface area contributed by atoms with Crippen LogP contribution >= 0.6 is 0 Å². The average Bonchev–Trinajstić information content (AvgIpc) is 2.86. The predicted octanol–water partition coefficient (Wildman–Crippen LogP) is 3.10. The summed E-state index contributed by atoms with van der Waals surface area (Å²) >= 11 is 0. The van der Waals surface area contributed by atoms with E-state index >= 15 is 0 Å². The molecule has 0 aliphatic heterocycles. The summed E-state index contributed by atoms with van der Waals surface area (Å²) in [7, 11) is 1.58. The molecule has 1 heterocycles. The normalized spacial score (nSPS) is 23.6. The lowest BCUT2D eigenvalue weighted by molar-refractivity contribution is 0.0911. The van der Waals surface area contributed by atoms with Crippen molar-refractivity contribution in [2.75, 3.05) is 7.11 Å². The molecule has 1 aromatic heterocycles. The van der Waals surface area contributed by atoms with Gasteiger partial charge in [0.15, 0.2) is 5.78 Å². The number of ether oxygens (including phenoxy) is 1. The molecule has 0 radical (unpaired) electrons. The van der Waals surface area contributed by atoms with Crippen molar-refractivity contribution < 1.29 is 9.53 Å². The van der Waals surface area contributed by atoms with E-state index < -0.39 is 0 Å². The van der Waals surface area contributed by atoms with Crippen molar-refractivity contribution in [2.24, 2.45) is 11.8 Å². The zero-order valence-electron chi connectivity index (χ0n) is 10.5. The fourth-order valence-corrected chi connectivity index (χ4v) is 2.62. The smallest absolute Gasteiger partial charge is 0.188 e. The van der Waals surface area contributed by atoms with Crippen LogP contribution in [0.4, 0.5) is 0 Å². The Bertz CT molecular complexity index is 403. The van der Waals surface area contributed by atoms with Crippen LogP contribution in [-0.4, -0.2) is 17.9 Å². The van der Waals surface area contributed by atoms with Crippen LogP contribution in [0.1, 0.15) is 43.1 Å². The first-order valence-corrected chi connectivity index (χ1v) is 6.29. The van der Waals surface area contributed by atoms with Gasteiger partial charge in [0.25, 0.3) is 0 Å². The summed E-state index contributed by atoms with van der Waals surface area (Å²) in [6.07, 6.45) is 6.00. The fourth-order valence-electron chi connectivity index (χ4n) is 2.62. The van der Waals surface area contributed by atoms with Gasteiger partial charge < -0.3 is 4.74 Å². The van der Waals surface area contributed by atoms with Gasteiger partial charge in [0.1, 0.15) is 11.4 Å². The second kappa shape index (κ2) is 5.30. The third-order valence-corrected chi connectivity index (χ3v) is 3.71. The van der Waals surface area contributed by atoms with Gasteiger partial charge in [-0.2, -0.15) is 0 Å². The van der Waals surface area contributed by atoms with Crippen LogP contribution in [0.25, 0.3) is 0 Å². The minimum atomic E-state index is 0.142. The highest BCUT2D eigenvalue weighted by Crippen LogP contribution is 2.35. The number of methoxy groups -OCH3 is 1. The topological polar surface area (TPSA) is 39.2 Å². The number of rotatable bonds is 4. The van der Waals surface area contributed by atoms with Crippen LogP contribution in [0.2, 0.25) is 0 Å². The van der Waals surface area contributed by atoms with Crippen LogP contribution < -0.4 is 4.74 Å². The number of Topliss-reactive ketones (excluding diaryl/α,β-unsaturated/α-hetero) is 1. The molecule has 1 aliphatic carbocycles. The van der Waals surface area contributed by atoms with Gasteiger partial charge in [0.05, 0.1) is 7.11 Å². The largest absolute Gasteiger partial charge is 0.494 e. The van der Waals surface area contributed by atoms with Crippen molar-refractivity contribution in [3.8, 4) is 5.75 Å². The zero-order valence-corrected chi connectivity index (χ0v) is 10.5. The van der Waals surface area contributed by atoms with E-state index in [1.165, 1.54) is 12.8 Å². The van der Waals surface area contributed by atoms with E-state index in [4.69, 9.17) is 4.74 Å². The number of ketones is 1. The average molecular weight is 233 g/mol. The van der Waals surface area contributed by atoms with Gasteiger partial charge in [-0.25, -0.2) is 4.98 Å². The Kier molecular flexibility index (Phi) is 3.77. The molecule has 0 N–H and O–H groups in total. The molecule has 2 atom stereocenters. The highest BCUT2D eigenvalue weighted by atomic mass is 16.5. The number of pyridine rings is 1. The van der Waals surface area contributed by atoms with Crippen LogP contribution in [0.15, 0.2) is 18.3 Å². The summed E-state index contributed by atoms with van der Waals surface area (Å²) < 4.78 is 5.20. The van der Waals surface area contributed by atoms with Crippen molar-refractivity contribution >= 4 is 5.78 Å². The Hall–Kier alpha value is -1.38. The molecule has 0 amide bonds. The van der Waals surface area contributed by atoms with Gasteiger partial charge in [0, 0.05) is 12.1 Å². The Labute approximate surface area is 102 Å². The molecular weight excluding hydrogens is 214 g/mol. The van der Waals surface area contributed by atoms with Crippen molar-refractivity contribution in [3.05, 3.63) is 24.0 Å². The van der Waals surface area contributed by atoms with E-state index in [-0.39, 0.29) is 11.7 Å². The molecule has 2 unspecified atom stereocenters. The summed E-state index contributed by atoms with van der Waals surface area (Å²) in [5.41, 5.74) is 0.497. The molecule has 1 aliphatic rings. The number of aromatic nitrogens is 1. The Morgan fingerprint density at radius 3 is 3.00 bits per heavy atom. The van der Waals surface area contributed by atoms with E-state index in [1.807, 2.05) is 0 Å². The van der Waals surface area contributed by atoms with Crippen LogP contribution in [0.5, 0.6) is 5.75 Å². The second-order valence-corrected chi connectivity index (χ2v) is 4.70. The molecule has 3 heteroatoms. The maximum atomic E-state index is 12.3. The van der Waals surface area contributed by atoms with Gasteiger partial charge in [-0.1, -0.05) is 13.3 Å². The highest BCUT2D eigenvalue weighted by molar-refractivity contribution is 5.98. The number of carbonyl (C=O) groups excluding carboxylic acids is 1. The lowest BCUT2D eigenvalue weighted by atomic mass is 9.97. The first-order chi connectivity index (χ1) is 8.26. The summed E-state index contributed by atoms with van der Waals surface area (Å²) in [5.74, 6) is 1.60. The first-order valence-electron chi connectivity index (χ1n) is 6.29. The minimum Gasteiger partial charge on any atom is -0.494 e. The van der Waals surface area contributed by atoms with Gasteiger partial charge in [-0.05, 0) is 37.3 Å². The quantitative estimate of drug-likeness (QED) is 0.750.